The molecule has 96 heavy (non-hydrogen) atoms. The smallest absolute Gasteiger partial charge is 0.286 e. The molecule has 14 nitrogen and oxygen atoms in total. The van der Waals surface area contributed by atoms with E-state index in [4.69, 9.17) is 28.4 Å². The molecule has 0 spiro atoms. The molecule has 0 bridgehead atoms. The molecular weight excluding hydrogens is 1280 g/mol. The summed E-state index contributed by atoms with van der Waals surface area (Å²) in [5, 5.41) is 2.98. The molecule has 18 heteroatoms. The van der Waals surface area contributed by atoms with Gasteiger partial charge in [-0.2, -0.15) is 13.7 Å². The van der Waals surface area contributed by atoms with Crippen LogP contribution < -0.4 is 57.2 Å². The van der Waals surface area contributed by atoms with Gasteiger partial charge in [-0.3, -0.25) is 9.59 Å². The second-order valence-corrected chi connectivity index (χ2v) is 28.0. The highest BCUT2D eigenvalue weighted by Crippen LogP contribution is 2.40. The van der Waals surface area contributed by atoms with Crippen LogP contribution in [0, 0.1) is 0 Å². The van der Waals surface area contributed by atoms with Crippen LogP contribution in [-0.4, -0.2) is 112 Å². The normalized spacial score (nSPS) is 11.2. The molecule has 0 radical (unpaired) electrons. The highest BCUT2D eigenvalue weighted by atomic mass is 33.1. The molecule has 3 aromatic heterocycles. The number of aromatic nitrogens is 3. The molecule has 1 amide bonds. The number of ether oxygens (including phenoxy) is 6. The van der Waals surface area contributed by atoms with Gasteiger partial charge in [0.25, 0.3) is 5.91 Å². The van der Waals surface area contributed by atoms with Gasteiger partial charge in [0, 0.05) is 124 Å². The van der Waals surface area contributed by atoms with Crippen LogP contribution in [0.1, 0.15) is 75.9 Å². The summed E-state index contributed by atoms with van der Waals surface area (Å²) in [6.07, 6.45) is 31.4. The van der Waals surface area contributed by atoms with Crippen molar-refractivity contribution < 1.29 is 51.7 Å². The summed E-state index contributed by atoms with van der Waals surface area (Å²) >= 11 is 0. The van der Waals surface area contributed by atoms with Crippen LogP contribution >= 0.6 is 43.2 Å². The zero-order valence-electron chi connectivity index (χ0n) is 57.1. The molecule has 0 aliphatic carbocycles. The third-order valence-electron chi connectivity index (χ3n) is 15.3. The number of ketones is 1. The first-order valence-electron chi connectivity index (χ1n) is 32.0. The molecule has 0 saturated carbocycles. The second kappa shape index (κ2) is 41.4. The average molecular weight is 1370 g/mol. The van der Waals surface area contributed by atoms with Crippen LogP contribution in [0.2, 0.25) is 0 Å². The summed E-state index contributed by atoms with van der Waals surface area (Å²) in [5.74, 6) is 7.59. The lowest BCUT2D eigenvalue weighted by molar-refractivity contribution is -0.699. The Hall–Kier alpha value is -8.55. The summed E-state index contributed by atoms with van der Waals surface area (Å²) in [5.41, 5.74) is 12.7. The number of unbranched alkanes of at least 4 members (excludes halogenated alkanes) is 1. The molecule has 0 saturated heterocycles. The van der Waals surface area contributed by atoms with E-state index in [9.17, 15) is 9.59 Å². The Balaban J connectivity index is 0.000000279. The van der Waals surface area contributed by atoms with Gasteiger partial charge >= 0.3 is 0 Å². The first kappa shape index (κ1) is 74.8. The van der Waals surface area contributed by atoms with E-state index in [-0.39, 0.29) is 18.2 Å². The van der Waals surface area contributed by atoms with E-state index in [1.54, 1.807) is 64.2 Å². The average Bonchev–Trinajstić information content (AvgIpc) is 0.872. The van der Waals surface area contributed by atoms with Gasteiger partial charge in [-0.1, -0.05) is 128 Å². The molecule has 1 N–H and O–H groups in total. The molecular formula is C78H93N6O8S4+3. The van der Waals surface area contributed by atoms with Gasteiger partial charge in [-0.05, 0) is 124 Å². The summed E-state index contributed by atoms with van der Waals surface area (Å²) in [6, 6.07) is 48.0. The van der Waals surface area contributed by atoms with Crippen LogP contribution in [0.15, 0.2) is 171 Å². The summed E-state index contributed by atoms with van der Waals surface area (Å²) in [7, 11) is 25.2. The van der Waals surface area contributed by atoms with Crippen LogP contribution in [-0.2, 0) is 35.6 Å². The second-order valence-electron chi connectivity index (χ2n) is 22.6. The minimum absolute atomic E-state index is 0.0444. The Morgan fingerprint density at radius 3 is 1.41 bits per heavy atom. The fourth-order valence-corrected chi connectivity index (χ4v) is 14.1. The van der Waals surface area contributed by atoms with Gasteiger partial charge in [0.1, 0.15) is 6.54 Å². The molecule has 504 valence electrons. The van der Waals surface area contributed by atoms with Crippen molar-refractivity contribution in [1.29, 1.82) is 0 Å². The number of anilines is 2. The third-order valence-corrected chi connectivity index (χ3v) is 20.3. The van der Waals surface area contributed by atoms with E-state index < -0.39 is 0 Å². The lowest BCUT2D eigenvalue weighted by Crippen LogP contribution is -2.42. The molecule has 8 aromatic rings. The fraction of sp³-hybridized carbons (Fsp3) is 0.295. The Kier molecular flexibility index (Phi) is 32.3. The largest absolute Gasteiger partial charge is 0.493 e. The van der Waals surface area contributed by atoms with E-state index >= 15 is 0 Å². The van der Waals surface area contributed by atoms with Crippen LogP contribution in [0.3, 0.4) is 0 Å². The lowest BCUT2D eigenvalue weighted by atomic mass is 10.0. The van der Waals surface area contributed by atoms with Crippen LogP contribution in [0.5, 0.6) is 34.5 Å². The van der Waals surface area contributed by atoms with E-state index in [1.807, 2.05) is 128 Å². The van der Waals surface area contributed by atoms with Crippen LogP contribution in [0.4, 0.5) is 11.4 Å². The molecule has 5 aromatic carbocycles. The van der Waals surface area contributed by atoms with Crippen molar-refractivity contribution in [3.8, 4) is 34.5 Å². The zero-order valence-corrected chi connectivity index (χ0v) is 60.4. The zero-order chi connectivity index (χ0) is 68.3. The number of hydrogen-bond donors (Lipinski definition) is 1. The Morgan fingerprint density at radius 2 is 0.885 bits per heavy atom. The van der Waals surface area contributed by atoms with Crippen molar-refractivity contribution in [2.24, 2.45) is 0 Å². The maximum absolute atomic E-state index is 12.6. The monoisotopic (exact) mass is 1370 g/mol. The topological polar surface area (TPSA) is 120 Å². The molecule has 0 aliphatic rings. The number of Topliss-reactive ketones (excluding diaryl/α,β-unsaturated/α-hetero) is 1. The number of carbonyl (C=O) groups excluding carboxylic acids is 2. The summed E-state index contributed by atoms with van der Waals surface area (Å²) in [6.45, 7) is 2.20. The number of hydrogen-bond acceptors (Lipinski definition) is 14. The van der Waals surface area contributed by atoms with Crippen molar-refractivity contribution in [3.05, 3.63) is 221 Å². The van der Waals surface area contributed by atoms with E-state index in [0.29, 0.717) is 54.0 Å². The highest BCUT2D eigenvalue weighted by Gasteiger charge is 2.16. The van der Waals surface area contributed by atoms with Crippen molar-refractivity contribution in [2.75, 3.05) is 110 Å². The number of nitrogens with one attached hydrogen (secondary N) is 1. The molecule has 0 atom stereocenters. The number of rotatable bonds is 37. The van der Waals surface area contributed by atoms with Crippen molar-refractivity contribution in [1.82, 2.24) is 5.32 Å². The molecule has 0 fully saturated rings. The minimum Gasteiger partial charge on any atom is -0.493 e. The van der Waals surface area contributed by atoms with Gasteiger partial charge in [0.2, 0.25) is 30.3 Å². The molecule has 8 rings (SSSR count). The number of benzene rings is 5. The van der Waals surface area contributed by atoms with E-state index in [2.05, 4.69) is 169 Å². The SMILES string of the molecule is CN(C)c1ccc(/C=C/c2ccccc2CCSSCCCC[n+]2ccccc2/C=C/c2ccc(N(C)C)cc2)cc1.COc1cc(/C=C/c2cc[n+](CC(=O)CCCSSCCNC(=O)C[n+]3ccc(/C=C/c4cc(OC)c(OC)c(OC)c4)cc3)cc2)cc(OC)c1OC. The van der Waals surface area contributed by atoms with Crippen molar-refractivity contribution in [2.45, 2.75) is 51.7 Å². The van der Waals surface area contributed by atoms with E-state index in [0.717, 1.165) is 58.9 Å². The number of aryl methyl sites for hydroxylation is 2. The number of methoxy groups -OCH3 is 6. The molecule has 0 unspecified atom stereocenters. The van der Waals surface area contributed by atoms with Gasteiger partial charge in [-0.25, -0.2) is 0 Å². The van der Waals surface area contributed by atoms with E-state index in [1.165, 1.54) is 57.9 Å². The predicted octanol–water partition coefficient (Wildman–Crippen LogP) is 15.1. The Labute approximate surface area is 585 Å². The summed E-state index contributed by atoms with van der Waals surface area (Å²) in [4.78, 5) is 29.3. The molecule has 0 aliphatic heterocycles. The van der Waals surface area contributed by atoms with Crippen LogP contribution in [0.25, 0.3) is 48.6 Å². The van der Waals surface area contributed by atoms with Crippen molar-refractivity contribution in [3.63, 3.8) is 0 Å². The minimum atomic E-state index is -0.0444. The third kappa shape index (κ3) is 25.2. The molecule has 3 heterocycles. The number of nitrogens with zero attached hydrogens (tertiary/aromatic N) is 5. The number of amides is 1. The Bertz CT molecular complexity index is 3510. The maximum atomic E-state index is 12.6. The first-order valence-corrected chi connectivity index (χ1v) is 37.0. The van der Waals surface area contributed by atoms with Gasteiger partial charge in [0.15, 0.2) is 59.8 Å². The predicted molar refractivity (Wildman–Crippen MR) is 406 cm³/mol. The summed E-state index contributed by atoms with van der Waals surface area (Å²) < 4.78 is 38.6. The number of carbonyl (C=O) groups is 2. The Morgan fingerprint density at radius 1 is 0.438 bits per heavy atom. The van der Waals surface area contributed by atoms with Crippen molar-refractivity contribution >= 4 is 115 Å². The lowest BCUT2D eigenvalue weighted by Gasteiger charge is -2.12. The highest BCUT2D eigenvalue weighted by molar-refractivity contribution is 8.77. The first-order chi connectivity index (χ1) is 46.8. The van der Waals surface area contributed by atoms with Gasteiger partial charge in [-0.15, -0.1) is 0 Å². The number of pyridine rings is 3. The maximum Gasteiger partial charge on any atom is 0.286 e. The quantitative estimate of drug-likeness (QED) is 0.0172. The fourth-order valence-electron chi connectivity index (χ4n) is 9.95. The van der Waals surface area contributed by atoms with Gasteiger partial charge in [0.05, 0.1) is 42.7 Å². The van der Waals surface area contributed by atoms with Gasteiger partial charge < -0.3 is 43.5 Å². The standard InChI is InChI=1S/C41H48N3O8S2.C37H44N3S2/c1-47-35-24-32(25-36(48-2)40(35)51-5)11-9-30-13-18-43(19-14-30)28-34(45)8-7-22-53-54-23-17-42-39(46)29-44-20-15-31(16-21-44)10-12-33-26-37(49-3)41(52-6)38(27-33)50-4;1-38(2)35-21-15-31(16-22-35)14-20-33-11-5-6-12-34(33)26-30-42-41-29-10-9-28-40-27-8-7-13-37(40)25-19-32-17-23-36(24-18-32)39(3)4/h9-16,18-21,24-27H,7-8,17,22-23,28-29H2,1-6H3;5-8,11-25,27H,9-10,26,28-30H2,1-4H3/q2*+1/p+1/b11-9+,12-10+;20-14+.